The molecule has 0 aromatic carbocycles. The van der Waals surface area contributed by atoms with E-state index in [1.165, 1.54) is 0 Å². The summed E-state index contributed by atoms with van der Waals surface area (Å²) in [5.41, 5.74) is 5.57. The largest absolute Gasteiger partial charge is 0.334 e. The van der Waals surface area contributed by atoms with Crippen molar-refractivity contribution in [3.8, 4) is 11.3 Å². The van der Waals surface area contributed by atoms with Crippen LogP contribution in [0.1, 0.15) is 17.2 Å². The first-order valence-corrected chi connectivity index (χ1v) is 8.05. The molecule has 4 rings (SSSR count). The highest BCUT2D eigenvalue weighted by Gasteiger charge is 2.05. The molecule has 0 saturated carbocycles. The van der Waals surface area contributed by atoms with Gasteiger partial charge in [-0.05, 0) is 55.5 Å². The molecule has 0 fully saturated rings. The molecule has 0 radical (unpaired) electrons. The SMILES string of the molecule is Cc1ccc(-c2cn(C)c(/C=C/c3ccc4ncccc4n3)n2)cn1. The Bertz CT molecular complexity index is 1060. The van der Waals surface area contributed by atoms with E-state index in [2.05, 4.69) is 19.9 Å². The number of hydrogen-bond acceptors (Lipinski definition) is 4. The monoisotopic (exact) mass is 327 g/mol. The van der Waals surface area contributed by atoms with Crippen molar-refractivity contribution in [3.63, 3.8) is 0 Å². The molecule has 0 atom stereocenters. The Hall–Kier alpha value is -3.34. The zero-order chi connectivity index (χ0) is 17.2. The van der Waals surface area contributed by atoms with Gasteiger partial charge < -0.3 is 4.57 Å². The zero-order valence-electron chi connectivity index (χ0n) is 14.1. The summed E-state index contributed by atoms with van der Waals surface area (Å²) < 4.78 is 1.99. The molecule has 25 heavy (non-hydrogen) atoms. The first-order chi connectivity index (χ1) is 12.2. The molecular formula is C20H17N5. The Kier molecular flexibility index (Phi) is 3.82. The van der Waals surface area contributed by atoms with Gasteiger partial charge in [0.2, 0.25) is 0 Å². The molecule has 5 heteroatoms. The van der Waals surface area contributed by atoms with E-state index in [0.29, 0.717) is 0 Å². The molecule has 122 valence electrons. The quantitative estimate of drug-likeness (QED) is 0.572. The van der Waals surface area contributed by atoms with Crippen LogP contribution < -0.4 is 0 Å². The Morgan fingerprint density at radius 2 is 1.84 bits per heavy atom. The summed E-state index contributed by atoms with van der Waals surface area (Å²) in [7, 11) is 1.98. The van der Waals surface area contributed by atoms with E-state index < -0.39 is 0 Å². The van der Waals surface area contributed by atoms with Gasteiger partial charge in [0.15, 0.2) is 0 Å². The van der Waals surface area contributed by atoms with Gasteiger partial charge in [-0.2, -0.15) is 0 Å². The molecule has 0 aliphatic carbocycles. The van der Waals surface area contributed by atoms with Gasteiger partial charge in [-0.3, -0.25) is 9.97 Å². The van der Waals surface area contributed by atoms with Gasteiger partial charge in [0.1, 0.15) is 5.82 Å². The number of imidazole rings is 1. The first-order valence-electron chi connectivity index (χ1n) is 8.05. The summed E-state index contributed by atoms with van der Waals surface area (Å²) in [5.74, 6) is 0.864. The minimum Gasteiger partial charge on any atom is -0.334 e. The Balaban J connectivity index is 1.63. The van der Waals surface area contributed by atoms with Gasteiger partial charge in [0.25, 0.3) is 0 Å². The van der Waals surface area contributed by atoms with E-state index in [1.54, 1.807) is 6.20 Å². The molecule has 0 aliphatic rings. The molecule has 4 heterocycles. The van der Waals surface area contributed by atoms with Crippen LogP contribution >= 0.6 is 0 Å². The predicted molar refractivity (Wildman–Crippen MR) is 99.6 cm³/mol. The normalized spacial score (nSPS) is 11.4. The molecule has 0 saturated heterocycles. The average Bonchev–Trinajstić information content (AvgIpc) is 3.01. The minimum atomic E-state index is 0.864. The Labute approximate surface area is 145 Å². The van der Waals surface area contributed by atoms with Gasteiger partial charge in [-0.1, -0.05) is 0 Å². The maximum Gasteiger partial charge on any atom is 0.133 e. The summed E-state index contributed by atoms with van der Waals surface area (Å²) in [6, 6.07) is 11.8. The lowest BCUT2D eigenvalue weighted by atomic mass is 10.2. The number of fused-ring (bicyclic) bond motifs is 1. The number of hydrogen-bond donors (Lipinski definition) is 0. The van der Waals surface area contributed by atoms with Crippen molar-refractivity contribution in [1.82, 2.24) is 24.5 Å². The summed E-state index contributed by atoms with van der Waals surface area (Å²) in [5, 5.41) is 0. The highest BCUT2D eigenvalue weighted by molar-refractivity contribution is 5.77. The second kappa shape index (κ2) is 6.28. The fourth-order valence-corrected chi connectivity index (χ4v) is 2.62. The van der Waals surface area contributed by atoms with E-state index >= 15 is 0 Å². The molecule has 5 nitrogen and oxygen atoms in total. The van der Waals surface area contributed by atoms with Crippen LogP contribution in [0.5, 0.6) is 0 Å². The van der Waals surface area contributed by atoms with E-state index in [-0.39, 0.29) is 0 Å². The molecule has 0 unspecified atom stereocenters. The van der Waals surface area contributed by atoms with E-state index in [1.807, 2.05) is 79.5 Å². The van der Waals surface area contributed by atoms with Crippen molar-refractivity contribution in [2.24, 2.45) is 7.05 Å². The van der Waals surface area contributed by atoms with Gasteiger partial charge in [-0.15, -0.1) is 0 Å². The van der Waals surface area contributed by atoms with Crippen molar-refractivity contribution in [3.05, 3.63) is 72.2 Å². The number of rotatable bonds is 3. The van der Waals surface area contributed by atoms with Crippen LogP contribution in [0.3, 0.4) is 0 Å². The summed E-state index contributed by atoms with van der Waals surface area (Å²) in [6.07, 6.45) is 9.56. The van der Waals surface area contributed by atoms with Crippen molar-refractivity contribution in [2.75, 3.05) is 0 Å². The first kappa shape index (κ1) is 15.2. The van der Waals surface area contributed by atoms with Crippen LogP contribution in [0, 0.1) is 6.92 Å². The summed E-state index contributed by atoms with van der Waals surface area (Å²) in [6.45, 7) is 1.97. The minimum absolute atomic E-state index is 0.864. The van der Waals surface area contributed by atoms with Crippen LogP contribution in [0.15, 0.2) is 55.0 Å². The predicted octanol–water partition coefficient (Wildman–Crippen LogP) is 3.90. The number of nitrogens with zero attached hydrogens (tertiary/aromatic N) is 5. The standard InChI is InChI=1S/C20H17N5/c1-14-5-6-15(12-22-14)19-13-25(2)20(24-19)10-8-16-7-9-17-18(23-16)4-3-11-21-17/h3-13H,1-2H3/b10-8+. The maximum absolute atomic E-state index is 4.68. The van der Waals surface area contributed by atoms with Crippen LogP contribution in [0.4, 0.5) is 0 Å². The fraction of sp³-hybridized carbons (Fsp3) is 0.100. The van der Waals surface area contributed by atoms with E-state index in [0.717, 1.165) is 39.5 Å². The van der Waals surface area contributed by atoms with E-state index in [4.69, 9.17) is 0 Å². The topological polar surface area (TPSA) is 56.5 Å². The molecule has 0 amide bonds. The van der Waals surface area contributed by atoms with Crippen LogP contribution in [-0.4, -0.2) is 24.5 Å². The highest BCUT2D eigenvalue weighted by Crippen LogP contribution is 2.19. The van der Waals surface area contributed by atoms with Gasteiger partial charge in [-0.25, -0.2) is 9.97 Å². The number of pyridine rings is 3. The van der Waals surface area contributed by atoms with Gasteiger partial charge in [0.05, 0.1) is 22.4 Å². The van der Waals surface area contributed by atoms with Gasteiger partial charge >= 0.3 is 0 Å². The average molecular weight is 327 g/mol. The highest BCUT2D eigenvalue weighted by atomic mass is 15.0. The Morgan fingerprint density at radius 1 is 0.920 bits per heavy atom. The molecule has 0 spiro atoms. The number of aryl methyl sites for hydroxylation is 2. The third kappa shape index (κ3) is 3.17. The number of aromatic nitrogens is 5. The maximum atomic E-state index is 4.68. The van der Waals surface area contributed by atoms with Crippen LogP contribution in [0.25, 0.3) is 34.4 Å². The van der Waals surface area contributed by atoms with Crippen molar-refractivity contribution >= 4 is 23.2 Å². The third-order valence-electron chi connectivity index (χ3n) is 4.00. The lowest BCUT2D eigenvalue weighted by molar-refractivity contribution is 0.898. The van der Waals surface area contributed by atoms with E-state index in [9.17, 15) is 0 Å². The smallest absolute Gasteiger partial charge is 0.133 e. The zero-order valence-corrected chi connectivity index (χ0v) is 14.1. The molecular weight excluding hydrogens is 310 g/mol. The van der Waals surface area contributed by atoms with Crippen molar-refractivity contribution in [1.29, 1.82) is 0 Å². The molecule has 4 aromatic rings. The molecule has 0 bridgehead atoms. The summed E-state index contributed by atoms with van der Waals surface area (Å²) >= 11 is 0. The lowest BCUT2D eigenvalue weighted by Crippen LogP contribution is -1.89. The summed E-state index contributed by atoms with van der Waals surface area (Å²) in [4.78, 5) is 17.9. The van der Waals surface area contributed by atoms with Crippen molar-refractivity contribution < 1.29 is 0 Å². The molecule has 0 N–H and O–H groups in total. The lowest BCUT2D eigenvalue weighted by Gasteiger charge is -1.98. The molecule has 4 aromatic heterocycles. The fourth-order valence-electron chi connectivity index (χ4n) is 2.62. The molecule has 0 aliphatic heterocycles. The van der Waals surface area contributed by atoms with Crippen LogP contribution in [-0.2, 0) is 7.05 Å². The van der Waals surface area contributed by atoms with Crippen molar-refractivity contribution in [2.45, 2.75) is 6.92 Å². The second-order valence-electron chi connectivity index (χ2n) is 5.89. The van der Waals surface area contributed by atoms with Crippen LogP contribution in [0.2, 0.25) is 0 Å². The Morgan fingerprint density at radius 3 is 2.68 bits per heavy atom. The second-order valence-corrected chi connectivity index (χ2v) is 5.89. The third-order valence-corrected chi connectivity index (χ3v) is 4.00. The van der Waals surface area contributed by atoms with Gasteiger partial charge in [0, 0.05) is 36.9 Å².